The van der Waals surface area contributed by atoms with Crippen molar-refractivity contribution >= 4 is 28.6 Å². The Morgan fingerprint density at radius 1 is 1.60 bits per heavy atom. The fourth-order valence-corrected chi connectivity index (χ4v) is 1.57. The number of nitrogens with zero attached hydrogens (tertiary/aromatic N) is 3. The molecular weight excluding hydrogens is 212 g/mol. The molecule has 0 radical (unpaired) electrons. The Hall–Kier alpha value is -1.55. The van der Waals surface area contributed by atoms with Crippen molar-refractivity contribution in [3.63, 3.8) is 0 Å². The van der Waals surface area contributed by atoms with Gasteiger partial charge in [-0.05, 0) is 6.07 Å². The molecule has 1 N–H and O–H groups in total. The van der Waals surface area contributed by atoms with Crippen LogP contribution in [0.15, 0.2) is 24.9 Å². The molecule has 2 rings (SSSR count). The minimum Gasteiger partial charge on any atom is -0.351 e. The molecule has 0 aliphatic heterocycles. The summed E-state index contributed by atoms with van der Waals surface area (Å²) in [5, 5.41) is 4.34. The third kappa shape index (κ3) is 1.80. The highest BCUT2D eigenvalue weighted by Gasteiger charge is 2.07. The average Bonchev–Trinajstić information content (AvgIpc) is 2.58. The van der Waals surface area contributed by atoms with Gasteiger partial charge in [0.15, 0.2) is 0 Å². The third-order valence-electron chi connectivity index (χ3n) is 2.08. The molecule has 4 nitrogen and oxygen atoms in total. The van der Waals surface area contributed by atoms with Crippen LogP contribution in [0.2, 0.25) is 5.15 Å². The molecule has 2 aromatic heterocycles. The Bertz CT molecular complexity index is 503. The van der Waals surface area contributed by atoms with Gasteiger partial charge in [0, 0.05) is 19.8 Å². The van der Waals surface area contributed by atoms with Crippen molar-refractivity contribution in [2.24, 2.45) is 7.05 Å². The van der Waals surface area contributed by atoms with E-state index in [9.17, 15) is 0 Å². The summed E-state index contributed by atoms with van der Waals surface area (Å²) in [5.74, 6) is 0.522. The number of halogens is 1. The minimum absolute atomic E-state index is 0.465. The van der Waals surface area contributed by atoms with Gasteiger partial charge >= 0.3 is 0 Å². The molecule has 0 saturated carbocycles. The Labute approximate surface area is 92.6 Å². The van der Waals surface area contributed by atoms with E-state index in [1.54, 1.807) is 6.08 Å². The van der Waals surface area contributed by atoms with E-state index in [2.05, 4.69) is 21.9 Å². The van der Waals surface area contributed by atoms with E-state index in [0.717, 1.165) is 11.0 Å². The van der Waals surface area contributed by atoms with E-state index in [-0.39, 0.29) is 0 Å². The van der Waals surface area contributed by atoms with Gasteiger partial charge in [-0.25, -0.2) is 4.98 Å². The number of aromatic nitrogens is 3. The molecule has 0 aliphatic rings. The van der Waals surface area contributed by atoms with E-state index in [0.29, 0.717) is 17.6 Å². The number of rotatable bonds is 3. The highest BCUT2D eigenvalue weighted by atomic mass is 35.5. The van der Waals surface area contributed by atoms with Gasteiger partial charge in [0.05, 0.1) is 5.39 Å². The van der Waals surface area contributed by atoms with E-state index in [1.165, 1.54) is 0 Å². The van der Waals surface area contributed by atoms with Crippen LogP contribution in [0.25, 0.3) is 11.0 Å². The van der Waals surface area contributed by atoms with Gasteiger partial charge in [0.1, 0.15) is 10.8 Å². The first-order chi connectivity index (χ1) is 7.22. The molecule has 15 heavy (non-hydrogen) atoms. The maximum atomic E-state index is 6.02. The minimum atomic E-state index is 0.465. The van der Waals surface area contributed by atoms with Crippen molar-refractivity contribution in [1.29, 1.82) is 0 Å². The number of hydrogen-bond acceptors (Lipinski definition) is 3. The molecule has 0 atom stereocenters. The Morgan fingerprint density at radius 3 is 3.13 bits per heavy atom. The van der Waals surface area contributed by atoms with Crippen LogP contribution in [-0.4, -0.2) is 21.1 Å². The lowest BCUT2D eigenvalue weighted by Gasteiger charge is -2.03. The summed E-state index contributed by atoms with van der Waals surface area (Å²) in [6.07, 6.45) is 3.65. The normalized spacial score (nSPS) is 10.5. The summed E-state index contributed by atoms with van der Waals surface area (Å²) >= 11 is 6.02. The zero-order valence-electron chi connectivity index (χ0n) is 8.37. The monoisotopic (exact) mass is 222 g/mol. The number of nitrogens with one attached hydrogen (secondary N) is 1. The standard InChI is InChI=1S/C10H11ClN4/c1-3-5-12-10-13-8(11)7-4-6-15(2)9(7)14-10/h3-4,6H,1,5H2,2H3,(H,12,13,14). The van der Waals surface area contributed by atoms with Crippen molar-refractivity contribution in [2.75, 3.05) is 11.9 Å². The fraction of sp³-hybridized carbons (Fsp3) is 0.200. The highest BCUT2D eigenvalue weighted by molar-refractivity contribution is 6.34. The molecule has 0 unspecified atom stereocenters. The maximum Gasteiger partial charge on any atom is 0.226 e. The zero-order valence-corrected chi connectivity index (χ0v) is 9.12. The quantitative estimate of drug-likeness (QED) is 0.640. The molecular formula is C10H11ClN4. The van der Waals surface area contributed by atoms with Gasteiger partial charge in [-0.3, -0.25) is 0 Å². The number of fused-ring (bicyclic) bond motifs is 1. The molecule has 0 saturated heterocycles. The molecule has 0 spiro atoms. The molecule has 0 bridgehead atoms. The van der Waals surface area contributed by atoms with E-state index >= 15 is 0 Å². The van der Waals surface area contributed by atoms with Crippen molar-refractivity contribution in [1.82, 2.24) is 14.5 Å². The van der Waals surface area contributed by atoms with Crippen LogP contribution >= 0.6 is 11.6 Å². The van der Waals surface area contributed by atoms with Gasteiger partial charge < -0.3 is 9.88 Å². The van der Waals surface area contributed by atoms with Crippen LogP contribution in [0, 0.1) is 0 Å². The second kappa shape index (κ2) is 3.90. The molecule has 0 aromatic carbocycles. The molecule has 0 amide bonds. The van der Waals surface area contributed by atoms with Gasteiger partial charge in [-0.15, -0.1) is 6.58 Å². The average molecular weight is 223 g/mol. The summed E-state index contributed by atoms with van der Waals surface area (Å²) in [7, 11) is 1.92. The van der Waals surface area contributed by atoms with E-state index in [4.69, 9.17) is 11.6 Å². The van der Waals surface area contributed by atoms with Crippen LogP contribution in [-0.2, 0) is 7.05 Å². The smallest absolute Gasteiger partial charge is 0.226 e. The lowest BCUT2D eigenvalue weighted by molar-refractivity contribution is 0.943. The molecule has 78 valence electrons. The molecule has 0 fully saturated rings. The zero-order chi connectivity index (χ0) is 10.8. The summed E-state index contributed by atoms with van der Waals surface area (Å²) < 4.78 is 1.90. The Balaban J connectivity index is 2.50. The summed E-state index contributed by atoms with van der Waals surface area (Å²) in [6, 6.07) is 1.90. The predicted molar refractivity (Wildman–Crippen MR) is 62.2 cm³/mol. The molecule has 0 aliphatic carbocycles. The van der Waals surface area contributed by atoms with Crippen LogP contribution in [0.1, 0.15) is 0 Å². The lowest BCUT2D eigenvalue weighted by atomic mass is 10.4. The van der Waals surface area contributed by atoms with Crippen LogP contribution in [0.4, 0.5) is 5.95 Å². The third-order valence-corrected chi connectivity index (χ3v) is 2.37. The topological polar surface area (TPSA) is 42.7 Å². The second-order valence-corrected chi connectivity index (χ2v) is 3.53. The first-order valence-electron chi connectivity index (χ1n) is 4.55. The van der Waals surface area contributed by atoms with Gasteiger partial charge in [0.25, 0.3) is 0 Å². The van der Waals surface area contributed by atoms with Crippen molar-refractivity contribution in [3.8, 4) is 0 Å². The lowest BCUT2D eigenvalue weighted by Crippen LogP contribution is -2.04. The highest BCUT2D eigenvalue weighted by Crippen LogP contribution is 2.21. The number of aryl methyl sites for hydroxylation is 1. The van der Waals surface area contributed by atoms with Gasteiger partial charge in [-0.1, -0.05) is 17.7 Å². The number of anilines is 1. The summed E-state index contributed by atoms with van der Waals surface area (Å²) in [6.45, 7) is 4.23. The second-order valence-electron chi connectivity index (χ2n) is 3.17. The predicted octanol–water partition coefficient (Wildman–Crippen LogP) is 2.22. The van der Waals surface area contributed by atoms with Gasteiger partial charge in [0.2, 0.25) is 5.95 Å². The van der Waals surface area contributed by atoms with Crippen LogP contribution in [0.5, 0.6) is 0 Å². The first kappa shape index (κ1) is 9.98. The summed E-state index contributed by atoms with van der Waals surface area (Å²) in [4.78, 5) is 8.48. The van der Waals surface area contributed by atoms with Crippen molar-refractivity contribution in [3.05, 3.63) is 30.1 Å². The first-order valence-corrected chi connectivity index (χ1v) is 4.93. The van der Waals surface area contributed by atoms with Gasteiger partial charge in [-0.2, -0.15) is 4.98 Å². The van der Waals surface area contributed by atoms with Crippen LogP contribution in [0.3, 0.4) is 0 Å². The van der Waals surface area contributed by atoms with Crippen molar-refractivity contribution in [2.45, 2.75) is 0 Å². The van der Waals surface area contributed by atoms with Crippen molar-refractivity contribution < 1.29 is 0 Å². The van der Waals surface area contributed by atoms with Crippen LogP contribution < -0.4 is 5.32 Å². The summed E-state index contributed by atoms with van der Waals surface area (Å²) in [5.41, 5.74) is 0.821. The maximum absolute atomic E-state index is 6.02. The SMILES string of the molecule is C=CCNc1nc(Cl)c2ccn(C)c2n1. The largest absolute Gasteiger partial charge is 0.351 e. The van der Waals surface area contributed by atoms with E-state index < -0.39 is 0 Å². The fourth-order valence-electron chi connectivity index (χ4n) is 1.34. The Morgan fingerprint density at radius 2 is 2.40 bits per heavy atom. The molecule has 2 heterocycles. The number of hydrogen-bond donors (Lipinski definition) is 1. The molecule has 2 aromatic rings. The molecule has 5 heteroatoms. The Kier molecular flexibility index (Phi) is 2.60. The van der Waals surface area contributed by atoms with E-state index in [1.807, 2.05) is 23.9 Å².